The van der Waals surface area contributed by atoms with Crippen molar-refractivity contribution >= 4 is 39.4 Å². The van der Waals surface area contributed by atoms with Crippen LogP contribution in [0.2, 0.25) is 5.02 Å². The Labute approximate surface area is 182 Å². The third-order valence-electron chi connectivity index (χ3n) is 5.33. The number of H-pyrrole nitrogens is 1. The summed E-state index contributed by atoms with van der Waals surface area (Å²) in [5.41, 5.74) is 2.74. The molecule has 5 aromatic rings. The van der Waals surface area contributed by atoms with Gasteiger partial charge in [-0.2, -0.15) is 0 Å². The summed E-state index contributed by atoms with van der Waals surface area (Å²) in [7, 11) is 0. The highest BCUT2D eigenvalue weighted by Gasteiger charge is 2.21. The number of anilines is 1. The Balaban J connectivity index is 1.74. The molecule has 3 heterocycles. The standard InChI is InChI=1S/C23H19ClN6O/c1-2-17(29-22-20-21(26-12-25-20)27-13-28-22)18-11-14-7-6-10-16(24)19(14)23(31)30(18)15-8-4-3-5-9-15/h3-13,17H,2H2,1H3,(H2,25,26,27,28,29). The molecule has 0 aliphatic carbocycles. The molecule has 0 bridgehead atoms. The molecule has 154 valence electrons. The van der Waals surface area contributed by atoms with Gasteiger partial charge in [0.1, 0.15) is 11.8 Å². The average Bonchev–Trinajstić information content (AvgIpc) is 3.27. The summed E-state index contributed by atoms with van der Waals surface area (Å²) in [5, 5.41) is 5.20. The van der Waals surface area contributed by atoms with Crippen molar-refractivity contribution < 1.29 is 0 Å². The number of para-hydroxylation sites is 1. The summed E-state index contributed by atoms with van der Waals surface area (Å²) in [5.74, 6) is 0.608. The van der Waals surface area contributed by atoms with Gasteiger partial charge in [0.25, 0.3) is 5.56 Å². The van der Waals surface area contributed by atoms with Crippen LogP contribution in [0.15, 0.2) is 72.0 Å². The summed E-state index contributed by atoms with van der Waals surface area (Å²) < 4.78 is 1.72. The summed E-state index contributed by atoms with van der Waals surface area (Å²) in [6, 6.07) is 16.9. The van der Waals surface area contributed by atoms with Crippen LogP contribution in [0.4, 0.5) is 5.82 Å². The normalized spacial score (nSPS) is 12.3. The molecule has 31 heavy (non-hydrogen) atoms. The van der Waals surface area contributed by atoms with Gasteiger partial charge in [0.05, 0.1) is 22.8 Å². The largest absolute Gasteiger partial charge is 0.360 e. The number of aromatic amines is 1. The van der Waals surface area contributed by atoms with Crippen LogP contribution < -0.4 is 10.9 Å². The van der Waals surface area contributed by atoms with Crippen LogP contribution in [0.5, 0.6) is 0 Å². The first-order chi connectivity index (χ1) is 15.2. The number of hydrogen-bond donors (Lipinski definition) is 2. The molecule has 2 N–H and O–H groups in total. The molecule has 7 nitrogen and oxygen atoms in total. The number of nitrogens with zero attached hydrogens (tertiary/aromatic N) is 4. The molecule has 3 aromatic heterocycles. The Bertz CT molecular complexity index is 1440. The Kier molecular flexibility index (Phi) is 4.88. The summed E-state index contributed by atoms with van der Waals surface area (Å²) >= 11 is 6.41. The highest BCUT2D eigenvalue weighted by Crippen LogP contribution is 2.29. The number of halogens is 1. The van der Waals surface area contributed by atoms with E-state index in [9.17, 15) is 4.79 Å². The molecule has 2 aromatic carbocycles. The van der Waals surface area contributed by atoms with Crippen LogP contribution in [-0.4, -0.2) is 24.5 Å². The van der Waals surface area contributed by atoms with Crippen molar-refractivity contribution in [1.29, 1.82) is 0 Å². The van der Waals surface area contributed by atoms with E-state index >= 15 is 0 Å². The van der Waals surface area contributed by atoms with E-state index in [-0.39, 0.29) is 11.6 Å². The van der Waals surface area contributed by atoms with Crippen molar-refractivity contribution in [2.24, 2.45) is 0 Å². The number of nitrogens with one attached hydrogen (secondary N) is 2. The molecule has 1 unspecified atom stereocenters. The smallest absolute Gasteiger partial charge is 0.264 e. The quantitative estimate of drug-likeness (QED) is 0.415. The van der Waals surface area contributed by atoms with Crippen molar-refractivity contribution in [3.05, 3.63) is 88.3 Å². The SMILES string of the molecule is CCC(Nc1ncnc2[nH]cnc12)c1cc2cccc(Cl)c2c(=O)n1-c1ccccc1. The Hall–Kier alpha value is -3.71. The van der Waals surface area contributed by atoms with Crippen molar-refractivity contribution in [2.75, 3.05) is 5.32 Å². The van der Waals surface area contributed by atoms with Gasteiger partial charge in [0.15, 0.2) is 11.5 Å². The molecular formula is C23H19ClN6O. The van der Waals surface area contributed by atoms with Crippen LogP contribution in [0.1, 0.15) is 25.1 Å². The first-order valence-electron chi connectivity index (χ1n) is 9.97. The second-order valence-electron chi connectivity index (χ2n) is 7.18. The number of rotatable bonds is 5. The third-order valence-corrected chi connectivity index (χ3v) is 5.65. The second kappa shape index (κ2) is 7.85. The molecule has 0 amide bonds. The topological polar surface area (TPSA) is 88.5 Å². The molecule has 0 aliphatic heterocycles. The Morgan fingerprint density at radius 2 is 1.94 bits per heavy atom. The Morgan fingerprint density at radius 1 is 1.10 bits per heavy atom. The Morgan fingerprint density at radius 3 is 2.74 bits per heavy atom. The zero-order chi connectivity index (χ0) is 21.4. The summed E-state index contributed by atoms with van der Waals surface area (Å²) in [4.78, 5) is 29.5. The van der Waals surface area contributed by atoms with E-state index in [4.69, 9.17) is 11.6 Å². The lowest BCUT2D eigenvalue weighted by Gasteiger charge is -2.23. The zero-order valence-electron chi connectivity index (χ0n) is 16.7. The van der Waals surface area contributed by atoms with Gasteiger partial charge in [0, 0.05) is 11.4 Å². The van der Waals surface area contributed by atoms with E-state index in [2.05, 4.69) is 32.2 Å². The van der Waals surface area contributed by atoms with Crippen LogP contribution >= 0.6 is 11.6 Å². The fourth-order valence-corrected chi connectivity index (χ4v) is 4.12. The van der Waals surface area contributed by atoms with E-state index in [1.807, 2.05) is 48.5 Å². The van der Waals surface area contributed by atoms with Gasteiger partial charge in [-0.05, 0) is 36.1 Å². The van der Waals surface area contributed by atoms with Gasteiger partial charge in [0.2, 0.25) is 0 Å². The minimum absolute atomic E-state index is 0.155. The average molecular weight is 431 g/mol. The minimum Gasteiger partial charge on any atom is -0.360 e. The maximum atomic E-state index is 13.6. The molecule has 1 atom stereocenters. The summed E-state index contributed by atoms with van der Waals surface area (Å²) in [6.07, 6.45) is 3.79. The number of aromatic nitrogens is 5. The maximum absolute atomic E-state index is 13.6. The molecule has 0 radical (unpaired) electrons. The maximum Gasteiger partial charge on any atom is 0.264 e. The highest BCUT2D eigenvalue weighted by atomic mass is 35.5. The van der Waals surface area contributed by atoms with Gasteiger partial charge >= 0.3 is 0 Å². The number of hydrogen-bond acceptors (Lipinski definition) is 5. The van der Waals surface area contributed by atoms with Gasteiger partial charge < -0.3 is 10.3 Å². The van der Waals surface area contributed by atoms with Gasteiger partial charge in [-0.1, -0.05) is 48.9 Å². The molecular weight excluding hydrogens is 412 g/mol. The first-order valence-corrected chi connectivity index (χ1v) is 10.4. The lowest BCUT2D eigenvalue weighted by molar-refractivity contribution is 0.689. The molecule has 0 saturated heterocycles. The van der Waals surface area contributed by atoms with Crippen LogP contribution in [-0.2, 0) is 0 Å². The predicted molar refractivity (Wildman–Crippen MR) is 123 cm³/mol. The third kappa shape index (κ3) is 3.33. The van der Waals surface area contributed by atoms with Gasteiger partial charge in [-0.3, -0.25) is 9.36 Å². The molecule has 0 fully saturated rings. The van der Waals surface area contributed by atoms with Crippen LogP contribution in [0.3, 0.4) is 0 Å². The van der Waals surface area contributed by atoms with Crippen molar-refractivity contribution in [3.8, 4) is 5.69 Å². The van der Waals surface area contributed by atoms with Crippen LogP contribution in [0.25, 0.3) is 27.6 Å². The first kappa shape index (κ1) is 19.3. The van der Waals surface area contributed by atoms with E-state index in [1.54, 1.807) is 17.0 Å². The van der Waals surface area contributed by atoms with E-state index < -0.39 is 0 Å². The minimum atomic E-state index is -0.203. The van der Waals surface area contributed by atoms with Crippen molar-refractivity contribution in [3.63, 3.8) is 0 Å². The lowest BCUT2D eigenvalue weighted by atomic mass is 10.0. The molecule has 5 rings (SSSR count). The zero-order valence-corrected chi connectivity index (χ0v) is 17.5. The van der Waals surface area contributed by atoms with Crippen molar-refractivity contribution in [1.82, 2.24) is 24.5 Å². The van der Waals surface area contributed by atoms with Crippen LogP contribution in [0, 0.1) is 0 Å². The highest BCUT2D eigenvalue weighted by molar-refractivity contribution is 6.35. The molecule has 8 heteroatoms. The molecule has 0 saturated carbocycles. The molecule has 0 spiro atoms. The lowest BCUT2D eigenvalue weighted by Crippen LogP contribution is -2.26. The molecule has 0 aliphatic rings. The fraction of sp³-hybridized carbons (Fsp3) is 0.130. The predicted octanol–water partition coefficient (Wildman–Crippen LogP) is 4.87. The summed E-state index contributed by atoms with van der Waals surface area (Å²) in [6.45, 7) is 2.06. The van der Waals surface area contributed by atoms with E-state index in [0.717, 1.165) is 16.8 Å². The number of fused-ring (bicyclic) bond motifs is 2. The van der Waals surface area contributed by atoms with E-state index in [0.29, 0.717) is 33.8 Å². The van der Waals surface area contributed by atoms with Gasteiger partial charge in [-0.15, -0.1) is 0 Å². The second-order valence-corrected chi connectivity index (χ2v) is 7.58. The van der Waals surface area contributed by atoms with Gasteiger partial charge in [-0.25, -0.2) is 15.0 Å². The number of benzene rings is 2. The number of pyridine rings is 1. The fourth-order valence-electron chi connectivity index (χ4n) is 3.86. The monoisotopic (exact) mass is 430 g/mol. The van der Waals surface area contributed by atoms with Crippen molar-refractivity contribution in [2.45, 2.75) is 19.4 Å². The van der Waals surface area contributed by atoms with E-state index in [1.165, 1.54) is 6.33 Å². The number of imidazole rings is 1.